The molecule has 0 saturated carbocycles. The fraction of sp³-hybridized carbons (Fsp3) is 0.778. The van der Waals surface area contributed by atoms with Crippen LogP contribution in [-0.4, -0.2) is 37.7 Å². The highest BCUT2D eigenvalue weighted by Gasteiger charge is 2.27. The first kappa shape index (κ1) is 11.0. The van der Waals surface area contributed by atoms with Crippen LogP contribution in [0.5, 0.6) is 0 Å². The number of rotatable bonds is 3. The van der Waals surface area contributed by atoms with Gasteiger partial charge in [-0.3, -0.25) is 4.79 Å². The van der Waals surface area contributed by atoms with Crippen LogP contribution in [0.1, 0.15) is 13.3 Å². The van der Waals surface area contributed by atoms with Crippen LogP contribution >= 0.6 is 0 Å². The number of hydrogen-bond donors (Lipinski definition) is 2. The highest BCUT2D eigenvalue weighted by atomic mass is 16.5. The summed E-state index contributed by atoms with van der Waals surface area (Å²) in [7, 11) is 0. The van der Waals surface area contributed by atoms with Crippen molar-refractivity contribution in [2.24, 2.45) is 0 Å². The Morgan fingerprint density at radius 2 is 2.57 bits per heavy atom. The number of nitrogens with one attached hydrogen (secondary N) is 2. The van der Waals surface area contributed by atoms with Gasteiger partial charge in [-0.05, 0) is 6.92 Å². The quantitative estimate of drug-likeness (QED) is 0.592. The van der Waals surface area contributed by atoms with E-state index in [9.17, 15) is 4.79 Å². The number of carbonyl (C=O) groups excluding carboxylic acids is 1. The minimum atomic E-state index is -0.289. The third kappa shape index (κ3) is 2.98. The molecule has 1 rings (SSSR count). The van der Waals surface area contributed by atoms with E-state index in [1.807, 2.05) is 13.0 Å². The summed E-state index contributed by atoms with van der Waals surface area (Å²) < 4.78 is 5.33. The summed E-state index contributed by atoms with van der Waals surface area (Å²) in [4.78, 5) is 11.5. The van der Waals surface area contributed by atoms with Crippen molar-refractivity contribution in [3.8, 4) is 6.07 Å². The van der Waals surface area contributed by atoms with E-state index in [0.717, 1.165) is 0 Å². The molecule has 14 heavy (non-hydrogen) atoms. The Balaban J connectivity index is 2.31. The fourth-order valence-corrected chi connectivity index (χ4v) is 1.38. The summed E-state index contributed by atoms with van der Waals surface area (Å²) in [6.45, 7) is 3.60. The number of ether oxygens (including phenoxy) is 1. The van der Waals surface area contributed by atoms with Gasteiger partial charge in [-0.1, -0.05) is 0 Å². The highest BCUT2D eigenvalue weighted by Crippen LogP contribution is 2.03. The molecule has 5 heteroatoms. The molecule has 1 heterocycles. The van der Waals surface area contributed by atoms with Crippen molar-refractivity contribution in [2.75, 3.05) is 19.7 Å². The van der Waals surface area contributed by atoms with Crippen LogP contribution in [0.3, 0.4) is 0 Å². The summed E-state index contributed by atoms with van der Waals surface area (Å²) in [5.41, 5.74) is 0. The Morgan fingerprint density at radius 1 is 1.79 bits per heavy atom. The van der Waals surface area contributed by atoms with Gasteiger partial charge in [0, 0.05) is 13.1 Å². The van der Waals surface area contributed by atoms with Crippen LogP contribution in [0.15, 0.2) is 0 Å². The van der Waals surface area contributed by atoms with E-state index >= 15 is 0 Å². The van der Waals surface area contributed by atoms with Crippen molar-refractivity contribution in [1.29, 1.82) is 5.26 Å². The smallest absolute Gasteiger partial charge is 0.239 e. The van der Waals surface area contributed by atoms with Gasteiger partial charge in [0.15, 0.2) is 0 Å². The van der Waals surface area contributed by atoms with Gasteiger partial charge in [-0.15, -0.1) is 0 Å². The minimum absolute atomic E-state index is 0.0903. The SMILES string of the molecule is CC1OCCNC1C(=O)NCCC#N. The molecule has 2 unspecified atom stereocenters. The summed E-state index contributed by atoms with van der Waals surface area (Å²) >= 11 is 0. The molecule has 2 atom stereocenters. The fourth-order valence-electron chi connectivity index (χ4n) is 1.38. The predicted molar refractivity (Wildman–Crippen MR) is 50.4 cm³/mol. The number of hydrogen-bond acceptors (Lipinski definition) is 4. The van der Waals surface area contributed by atoms with Crippen molar-refractivity contribution in [1.82, 2.24) is 10.6 Å². The molecular weight excluding hydrogens is 182 g/mol. The zero-order valence-corrected chi connectivity index (χ0v) is 8.25. The zero-order chi connectivity index (χ0) is 10.4. The van der Waals surface area contributed by atoms with Gasteiger partial charge < -0.3 is 15.4 Å². The van der Waals surface area contributed by atoms with Gasteiger partial charge in [-0.25, -0.2) is 0 Å². The van der Waals surface area contributed by atoms with Gasteiger partial charge in [0.1, 0.15) is 6.04 Å². The molecule has 5 nitrogen and oxygen atoms in total. The van der Waals surface area contributed by atoms with E-state index in [4.69, 9.17) is 10.00 Å². The lowest BCUT2D eigenvalue weighted by molar-refractivity contribution is -0.128. The summed E-state index contributed by atoms with van der Waals surface area (Å²) in [6, 6.07) is 1.68. The van der Waals surface area contributed by atoms with Crippen LogP contribution in [0.25, 0.3) is 0 Å². The van der Waals surface area contributed by atoms with Crippen molar-refractivity contribution in [3.05, 3.63) is 0 Å². The van der Waals surface area contributed by atoms with Gasteiger partial charge in [-0.2, -0.15) is 5.26 Å². The number of morpholine rings is 1. The van der Waals surface area contributed by atoms with Crippen LogP contribution in [0.4, 0.5) is 0 Å². The Hall–Kier alpha value is -1.12. The van der Waals surface area contributed by atoms with Crippen molar-refractivity contribution >= 4 is 5.91 Å². The zero-order valence-electron chi connectivity index (χ0n) is 8.25. The van der Waals surface area contributed by atoms with Crippen molar-refractivity contribution in [3.63, 3.8) is 0 Å². The normalized spacial score (nSPS) is 26.6. The molecule has 1 aliphatic heterocycles. The molecule has 1 saturated heterocycles. The second-order valence-electron chi connectivity index (χ2n) is 3.21. The molecule has 0 spiro atoms. The molecule has 2 N–H and O–H groups in total. The molecular formula is C9H15N3O2. The molecule has 1 amide bonds. The van der Waals surface area contributed by atoms with Crippen LogP contribution in [-0.2, 0) is 9.53 Å². The standard InChI is InChI=1S/C9H15N3O2/c1-7-8(11-5-6-14-7)9(13)12-4-2-3-10/h7-8,11H,2,4-6H2,1H3,(H,12,13). The molecule has 0 aromatic heterocycles. The average molecular weight is 197 g/mol. The lowest BCUT2D eigenvalue weighted by Gasteiger charge is -2.29. The van der Waals surface area contributed by atoms with Crippen molar-refractivity contribution < 1.29 is 9.53 Å². The number of nitrogens with zero attached hydrogens (tertiary/aromatic N) is 1. The summed E-state index contributed by atoms with van der Waals surface area (Å²) in [6.07, 6.45) is 0.235. The maximum absolute atomic E-state index is 11.5. The van der Waals surface area contributed by atoms with Crippen LogP contribution < -0.4 is 10.6 Å². The van der Waals surface area contributed by atoms with E-state index in [-0.39, 0.29) is 18.1 Å². The molecule has 0 bridgehead atoms. The van der Waals surface area contributed by atoms with Gasteiger partial charge in [0.2, 0.25) is 5.91 Å². The molecule has 0 aromatic rings. The minimum Gasteiger partial charge on any atom is -0.375 e. The summed E-state index contributed by atoms with van der Waals surface area (Å²) in [5, 5.41) is 14.1. The third-order valence-electron chi connectivity index (χ3n) is 2.13. The first-order valence-corrected chi connectivity index (χ1v) is 4.75. The van der Waals surface area contributed by atoms with Gasteiger partial charge in [0.05, 0.1) is 25.2 Å². The topological polar surface area (TPSA) is 74.2 Å². The first-order chi connectivity index (χ1) is 6.75. The van der Waals surface area contributed by atoms with E-state index < -0.39 is 0 Å². The number of carbonyl (C=O) groups is 1. The van der Waals surface area contributed by atoms with Crippen molar-refractivity contribution in [2.45, 2.75) is 25.5 Å². The maximum Gasteiger partial charge on any atom is 0.239 e. The second-order valence-corrected chi connectivity index (χ2v) is 3.21. The molecule has 0 aromatic carbocycles. The number of nitriles is 1. The molecule has 78 valence electrons. The Bertz CT molecular complexity index is 237. The largest absolute Gasteiger partial charge is 0.375 e. The Kier molecular flexibility index (Phi) is 4.36. The lowest BCUT2D eigenvalue weighted by atomic mass is 10.1. The Morgan fingerprint density at radius 3 is 3.21 bits per heavy atom. The summed E-state index contributed by atoms with van der Waals surface area (Å²) in [5.74, 6) is -0.0903. The van der Waals surface area contributed by atoms with E-state index in [2.05, 4.69) is 10.6 Å². The van der Waals surface area contributed by atoms with Gasteiger partial charge in [0.25, 0.3) is 0 Å². The first-order valence-electron chi connectivity index (χ1n) is 4.75. The van der Waals surface area contributed by atoms with E-state index in [0.29, 0.717) is 26.1 Å². The average Bonchev–Trinajstić information content (AvgIpc) is 2.18. The Labute approximate surface area is 83.4 Å². The van der Waals surface area contributed by atoms with Crippen LogP contribution in [0.2, 0.25) is 0 Å². The number of amides is 1. The van der Waals surface area contributed by atoms with E-state index in [1.165, 1.54) is 0 Å². The lowest BCUT2D eigenvalue weighted by Crippen LogP contribution is -2.55. The third-order valence-corrected chi connectivity index (χ3v) is 2.13. The van der Waals surface area contributed by atoms with Crippen LogP contribution in [0, 0.1) is 11.3 Å². The highest BCUT2D eigenvalue weighted by molar-refractivity contribution is 5.82. The molecule has 0 aliphatic carbocycles. The van der Waals surface area contributed by atoms with E-state index in [1.54, 1.807) is 0 Å². The van der Waals surface area contributed by atoms with Gasteiger partial charge >= 0.3 is 0 Å². The predicted octanol–water partition coefficient (Wildman–Crippen LogP) is -0.607. The monoisotopic (exact) mass is 197 g/mol. The molecule has 0 radical (unpaired) electrons. The maximum atomic E-state index is 11.5. The second kappa shape index (κ2) is 5.58. The molecule has 1 fully saturated rings. The molecule has 1 aliphatic rings.